The number of carbonyl (C=O) groups is 1. The van der Waals surface area contributed by atoms with E-state index in [0.717, 1.165) is 10.0 Å². The van der Waals surface area contributed by atoms with Crippen LogP contribution in [0.4, 0.5) is 0 Å². The lowest BCUT2D eigenvalue weighted by molar-refractivity contribution is -0.124. The van der Waals surface area contributed by atoms with E-state index < -0.39 is 0 Å². The van der Waals surface area contributed by atoms with Crippen molar-refractivity contribution in [3.8, 4) is 0 Å². The van der Waals surface area contributed by atoms with Crippen LogP contribution in [-0.4, -0.2) is 29.7 Å². The van der Waals surface area contributed by atoms with Crippen LogP contribution in [0.5, 0.6) is 0 Å². The summed E-state index contributed by atoms with van der Waals surface area (Å²) in [5.74, 6) is 0.401. The summed E-state index contributed by atoms with van der Waals surface area (Å²) >= 11 is 1.56. The van der Waals surface area contributed by atoms with Gasteiger partial charge < -0.3 is 10.6 Å². The quantitative estimate of drug-likeness (QED) is 0.801. The summed E-state index contributed by atoms with van der Waals surface area (Å²) in [6.45, 7) is 7.21. The molecule has 1 atom stereocenters. The number of rotatable bonds is 6. The minimum absolute atomic E-state index is 0.0301. The van der Waals surface area contributed by atoms with Crippen molar-refractivity contribution < 1.29 is 4.79 Å². The maximum Gasteiger partial charge on any atom is 0.224 e. The van der Waals surface area contributed by atoms with Gasteiger partial charge in [-0.15, -0.1) is 10.2 Å². The molecule has 6 heteroatoms. The third kappa shape index (κ3) is 4.40. The molecule has 2 N–H and O–H groups in total. The Morgan fingerprint density at radius 2 is 2.06 bits per heavy atom. The van der Waals surface area contributed by atoms with Crippen LogP contribution in [0, 0.1) is 5.92 Å². The Morgan fingerprint density at radius 3 is 2.59 bits per heavy atom. The largest absolute Gasteiger partial charge is 0.349 e. The number of nitrogens with zero attached hydrogens (tertiary/aromatic N) is 2. The molecule has 96 valence electrons. The monoisotopic (exact) mass is 256 g/mol. The average molecular weight is 256 g/mol. The van der Waals surface area contributed by atoms with Crippen LogP contribution in [-0.2, 0) is 11.3 Å². The average Bonchev–Trinajstić information content (AvgIpc) is 2.75. The molecule has 0 aromatic carbocycles. The first kappa shape index (κ1) is 14.1. The zero-order chi connectivity index (χ0) is 12.8. The lowest BCUT2D eigenvalue weighted by Gasteiger charge is -2.09. The number of hydrogen-bond donors (Lipinski definition) is 2. The van der Waals surface area contributed by atoms with Crippen molar-refractivity contribution >= 4 is 17.2 Å². The highest BCUT2D eigenvalue weighted by Gasteiger charge is 2.13. The molecule has 17 heavy (non-hydrogen) atoms. The Morgan fingerprint density at radius 1 is 1.35 bits per heavy atom. The molecule has 0 spiro atoms. The Labute approximate surface area is 106 Å². The molecule has 1 unspecified atom stereocenters. The Bertz CT molecular complexity index is 364. The molecular formula is C11H20N4OS. The Balaban J connectivity index is 2.41. The van der Waals surface area contributed by atoms with Gasteiger partial charge in [-0.2, -0.15) is 0 Å². The first-order valence-electron chi connectivity index (χ1n) is 5.79. The molecule has 0 saturated heterocycles. The van der Waals surface area contributed by atoms with Gasteiger partial charge in [0.1, 0.15) is 10.0 Å². The summed E-state index contributed by atoms with van der Waals surface area (Å²) in [5, 5.41) is 15.8. The summed E-state index contributed by atoms with van der Waals surface area (Å²) in [4.78, 5) is 11.7. The lowest BCUT2D eigenvalue weighted by atomic mass is 10.1. The minimum atomic E-state index is -0.0301. The summed E-state index contributed by atoms with van der Waals surface area (Å²) < 4.78 is 0. The van der Waals surface area contributed by atoms with E-state index in [1.54, 1.807) is 11.3 Å². The number of amides is 1. The van der Waals surface area contributed by atoms with E-state index in [2.05, 4.69) is 34.7 Å². The van der Waals surface area contributed by atoms with E-state index in [4.69, 9.17) is 0 Å². The maximum atomic E-state index is 11.7. The van der Waals surface area contributed by atoms with Crippen LogP contribution in [0.1, 0.15) is 36.7 Å². The van der Waals surface area contributed by atoms with E-state index >= 15 is 0 Å². The third-order valence-electron chi connectivity index (χ3n) is 2.35. The van der Waals surface area contributed by atoms with E-state index in [0.29, 0.717) is 19.0 Å². The van der Waals surface area contributed by atoms with Gasteiger partial charge in [0, 0.05) is 18.4 Å². The highest BCUT2D eigenvalue weighted by atomic mass is 32.1. The third-order valence-corrected chi connectivity index (χ3v) is 3.57. The number of carbonyl (C=O) groups excluding carboxylic acids is 1. The molecule has 5 nitrogen and oxygen atoms in total. The maximum absolute atomic E-state index is 11.7. The Hall–Kier alpha value is -1.01. The fourth-order valence-electron chi connectivity index (χ4n) is 1.31. The van der Waals surface area contributed by atoms with E-state index in [9.17, 15) is 4.79 Å². The second-order valence-electron chi connectivity index (χ2n) is 4.37. The zero-order valence-corrected chi connectivity index (χ0v) is 11.6. The van der Waals surface area contributed by atoms with Gasteiger partial charge in [-0.25, -0.2) is 0 Å². The number of hydrogen-bond acceptors (Lipinski definition) is 5. The molecule has 0 aliphatic rings. The highest BCUT2D eigenvalue weighted by Crippen LogP contribution is 2.18. The fourth-order valence-corrected chi connectivity index (χ4v) is 2.09. The van der Waals surface area contributed by atoms with Crippen molar-refractivity contribution in [2.45, 2.75) is 33.2 Å². The summed E-state index contributed by atoms with van der Waals surface area (Å²) in [6, 6.07) is 0. The summed E-state index contributed by atoms with van der Waals surface area (Å²) in [5.41, 5.74) is 0. The first-order chi connectivity index (χ1) is 8.04. The van der Waals surface area contributed by atoms with Crippen LogP contribution in [0.2, 0.25) is 0 Å². The first-order valence-corrected chi connectivity index (χ1v) is 6.60. The molecule has 0 aliphatic heterocycles. The Kier molecular flexibility index (Phi) is 5.50. The molecule has 0 radical (unpaired) electrons. The molecule has 0 saturated carbocycles. The fraction of sp³-hybridized carbons (Fsp3) is 0.727. The van der Waals surface area contributed by atoms with E-state index in [1.165, 1.54) is 0 Å². The van der Waals surface area contributed by atoms with Crippen molar-refractivity contribution in [3.05, 3.63) is 10.0 Å². The van der Waals surface area contributed by atoms with Crippen LogP contribution in [0.15, 0.2) is 0 Å². The molecule has 0 fully saturated rings. The smallest absolute Gasteiger partial charge is 0.224 e. The molecule has 1 heterocycles. The predicted octanol–water partition coefficient (Wildman–Crippen LogP) is 1.13. The second kappa shape index (κ2) is 6.66. The summed E-state index contributed by atoms with van der Waals surface area (Å²) in [6.07, 6.45) is 0. The van der Waals surface area contributed by atoms with Crippen molar-refractivity contribution in [2.75, 3.05) is 13.6 Å². The number of nitrogens with one attached hydrogen (secondary N) is 2. The number of aromatic nitrogens is 2. The highest BCUT2D eigenvalue weighted by molar-refractivity contribution is 7.11. The van der Waals surface area contributed by atoms with Gasteiger partial charge in [-0.05, 0) is 7.05 Å². The lowest BCUT2D eigenvalue weighted by Crippen LogP contribution is -2.33. The van der Waals surface area contributed by atoms with Crippen LogP contribution in [0.3, 0.4) is 0 Å². The standard InChI is InChI=1S/C11H20N4OS/c1-7(2)11-15-14-9(17-11)6-13-10(16)8(3)5-12-4/h7-8,12H,5-6H2,1-4H3,(H,13,16). The zero-order valence-electron chi connectivity index (χ0n) is 10.8. The SMILES string of the molecule is CNCC(C)C(=O)NCc1nnc(C(C)C)s1. The van der Waals surface area contributed by atoms with Crippen molar-refractivity contribution in [3.63, 3.8) is 0 Å². The molecule has 1 rings (SSSR count). The van der Waals surface area contributed by atoms with E-state index in [1.807, 2.05) is 14.0 Å². The summed E-state index contributed by atoms with van der Waals surface area (Å²) in [7, 11) is 1.84. The molecule has 1 amide bonds. The predicted molar refractivity (Wildman–Crippen MR) is 68.9 cm³/mol. The van der Waals surface area contributed by atoms with Gasteiger partial charge in [0.15, 0.2) is 0 Å². The molecule has 1 aromatic rings. The van der Waals surface area contributed by atoms with Crippen molar-refractivity contribution in [1.29, 1.82) is 0 Å². The van der Waals surface area contributed by atoms with Gasteiger partial charge in [0.25, 0.3) is 0 Å². The van der Waals surface area contributed by atoms with Crippen LogP contribution >= 0.6 is 11.3 Å². The molecule has 0 aliphatic carbocycles. The van der Waals surface area contributed by atoms with Gasteiger partial charge >= 0.3 is 0 Å². The van der Waals surface area contributed by atoms with Gasteiger partial charge in [0.2, 0.25) is 5.91 Å². The molecule has 0 bridgehead atoms. The normalized spacial score (nSPS) is 12.8. The van der Waals surface area contributed by atoms with E-state index in [-0.39, 0.29) is 11.8 Å². The van der Waals surface area contributed by atoms with Gasteiger partial charge in [0.05, 0.1) is 6.54 Å². The minimum Gasteiger partial charge on any atom is -0.349 e. The topological polar surface area (TPSA) is 66.9 Å². The van der Waals surface area contributed by atoms with Crippen molar-refractivity contribution in [1.82, 2.24) is 20.8 Å². The molecule has 1 aromatic heterocycles. The van der Waals surface area contributed by atoms with Crippen LogP contribution in [0.25, 0.3) is 0 Å². The van der Waals surface area contributed by atoms with Gasteiger partial charge in [-0.3, -0.25) is 4.79 Å². The second-order valence-corrected chi connectivity index (χ2v) is 5.46. The van der Waals surface area contributed by atoms with Crippen molar-refractivity contribution in [2.24, 2.45) is 5.92 Å². The van der Waals surface area contributed by atoms with Crippen LogP contribution < -0.4 is 10.6 Å². The van der Waals surface area contributed by atoms with Gasteiger partial charge in [-0.1, -0.05) is 32.1 Å². The molecular weight excluding hydrogens is 236 g/mol.